The number of benzene rings is 1. The van der Waals surface area contributed by atoms with E-state index in [-0.39, 0.29) is 17.4 Å². The maximum atomic E-state index is 12.2. The molecule has 0 atom stereocenters. The van der Waals surface area contributed by atoms with Crippen LogP contribution >= 0.6 is 0 Å². The zero-order valence-electron chi connectivity index (χ0n) is 11.7. The van der Waals surface area contributed by atoms with Gasteiger partial charge in [-0.25, -0.2) is 13.1 Å². The van der Waals surface area contributed by atoms with Gasteiger partial charge in [0.25, 0.3) is 5.69 Å². The van der Waals surface area contributed by atoms with Crippen LogP contribution < -0.4 is 10.0 Å². The van der Waals surface area contributed by atoms with Gasteiger partial charge in [0.2, 0.25) is 10.0 Å². The molecule has 0 aliphatic heterocycles. The molecule has 0 aliphatic carbocycles. The van der Waals surface area contributed by atoms with Crippen LogP contribution in [0.5, 0.6) is 0 Å². The van der Waals surface area contributed by atoms with Gasteiger partial charge in [0.05, 0.1) is 4.92 Å². The molecule has 1 aromatic carbocycles. The van der Waals surface area contributed by atoms with E-state index in [0.29, 0.717) is 12.2 Å². The first kappa shape index (κ1) is 16.4. The van der Waals surface area contributed by atoms with E-state index in [4.69, 9.17) is 0 Å². The van der Waals surface area contributed by atoms with E-state index in [9.17, 15) is 18.5 Å². The summed E-state index contributed by atoms with van der Waals surface area (Å²) < 4.78 is 26.7. The minimum absolute atomic E-state index is 0.112. The maximum absolute atomic E-state index is 12.2. The molecule has 8 heteroatoms. The van der Waals surface area contributed by atoms with Gasteiger partial charge in [0.1, 0.15) is 0 Å². The zero-order chi connectivity index (χ0) is 15.3. The van der Waals surface area contributed by atoms with Crippen molar-refractivity contribution >= 4 is 21.4 Å². The Labute approximate surface area is 118 Å². The first-order valence-electron chi connectivity index (χ1n) is 6.30. The standard InChI is InChI=1S/C12H19N3O4S/c1-4-13-10-5-6-11(15(16)17)12(7-10)20(18,19)14-8-9(2)3/h5-7,9,13-14H,4,8H2,1-3H3. The van der Waals surface area contributed by atoms with Crippen LogP contribution in [0.2, 0.25) is 0 Å². The van der Waals surface area contributed by atoms with E-state index in [1.807, 2.05) is 20.8 Å². The monoisotopic (exact) mass is 301 g/mol. The number of rotatable bonds is 7. The molecule has 0 fully saturated rings. The second-order valence-corrected chi connectivity index (χ2v) is 6.45. The number of nitrogens with one attached hydrogen (secondary N) is 2. The van der Waals surface area contributed by atoms with Crippen molar-refractivity contribution in [3.8, 4) is 0 Å². The summed E-state index contributed by atoms with van der Waals surface area (Å²) in [5, 5.41) is 13.9. The highest BCUT2D eigenvalue weighted by Crippen LogP contribution is 2.27. The Morgan fingerprint density at radius 3 is 2.50 bits per heavy atom. The zero-order valence-corrected chi connectivity index (χ0v) is 12.5. The molecule has 1 rings (SSSR count). The van der Waals surface area contributed by atoms with Gasteiger partial charge in [0.15, 0.2) is 4.90 Å². The van der Waals surface area contributed by atoms with Gasteiger partial charge >= 0.3 is 0 Å². The molecule has 2 N–H and O–H groups in total. The minimum Gasteiger partial charge on any atom is -0.385 e. The molecule has 1 aromatic rings. The second kappa shape index (κ2) is 6.67. The third-order valence-corrected chi connectivity index (χ3v) is 3.96. The molecule has 0 aliphatic rings. The van der Waals surface area contributed by atoms with E-state index in [1.165, 1.54) is 18.2 Å². The van der Waals surface area contributed by atoms with E-state index < -0.39 is 20.6 Å². The summed E-state index contributed by atoms with van der Waals surface area (Å²) in [5.41, 5.74) is 0.103. The normalized spacial score (nSPS) is 11.6. The molecule has 0 amide bonds. The van der Waals surface area contributed by atoms with Crippen LogP contribution in [-0.4, -0.2) is 26.4 Å². The summed E-state index contributed by atoms with van der Waals surface area (Å²) >= 11 is 0. The number of hydrogen-bond donors (Lipinski definition) is 2. The topological polar surface area (TPSA) is 101 Å². The summed E-state index contributed by atoms with van der Waals surface area (Å²) in [7, 11) is -3.90. The van der Waals surface area contributed by atoms with Crippen molar-refractivity contribution < 1.29 is 13.3 Å². The fraction of sp³-hybridized carbons (Fsp3) is 0.500. The van der Waals surface area contributed by atoms with Crippen molar-refractivity contribution in [3.63, 3.8) is 0 Å². The van der Waals surface area contributed by atoms with Crippen LogP contribution in [0.4, 0.5) is 11.4 Å². The minimum atomic E-state index is -3.90. The maximum Gasteiger partial charge on any atom is 0.289 e. The lowest BCUT2D eigenvalue weighted by molar-refractivity contribution is -0.387. The molecular formula is C12H19N3O4S. The molecule has 0 saturated carbocycles. The van der Waals surface area contributed by atoms with Crippen molar-refractivity contribution in [2.75, 3.05) is 18.4 Å². The van der Waals surface area contributed by atoms with Crippen LogP contribution in [0.15, 0.2) is 23.1 Å². The highest BCUT2D eigenvalue weighted by atomic mass is 32.2. The van der Waals surface area contributed by atoms with Crippen LogP contribution in [0.1, 0.15) is 20.8 Å². The van der Waals surface area contributed by atoms with Gasteiger partial charge in [-0.2, -0.15) is 0 Å². The Hall–Kier alpha value is -1.67. The van der Waals surface area contributed by atoms with Crippen molar-refractivity contribution in [3.05, 3.63) is 28.3 Å². The first-order valence-corrected chi connectivity index (χ1v) is 7.78. The molecule has 0 spiro atoms. The summed E-state index contributed by atoms with van der Waals surface area (Å²) in [6.45, 7) is 6.38. The van der Waals surface area contributed by atoms with E-state index >= 15 is 0 Å². The number of nitrogens with zero attached hydrogens (tertiary/aromatic N) is 1. The highest BCUT2D eigenvalue weighted by Gasteiger charge is 2.26. The third kappa shape index (κ3) is 4.17. The Morgan fingerprint density at radius 1 is 1.35 bits per heavy atom. The predicted octanol–water partition coefficient (Wildman–Crippen LogP) is 1.96. The highest BCUT2D eigenvalue weighted by molar-refractivity contribution is 7.89. The number of sulfonamides is 1. The Morgan fingerprint density at radius 2 is 2.00 bits per heavy atom. The number of nitro groups is 1. The van der Waals surface area contributed by atoms with Gasteiger partial charge in [-0.3, -0.25) is 10.1 Å². The molecule has 0 saturated heterocycles. The Bertz CT molecular complexity index is 584. The van der Waals surface area contributed by atoms with Gasteiger partial charge in [-0.05, 0) is 25.0 Å². The molecule has 20 heavy (non-hydrogen) atoms. The summed E-state index contributed by atoms with van der Waals surface area (Å²) in [6.07, 6.45) is 0. The lowest BCUT2D eigenvalue weighted by Gasteiger charge is -2.11. The molecule has 0 radical (unpaired) electrons. The van der Waals surface area contributed by atoms with Gasteiger partial charge in [-0.1, -0.05) is 13.8 Å². The largest absolute Gasteiger partial charge is 0.385 e. The molecule has 0 aromatic heterocycles. The number of hydrogen-bond acceptors (Lipinski definition) is 5. The van der Waals surface area contributed by atoms with Crippen LogP contribution in [0.25, 0.3) is 0 Å². The Balaban J connectivity index is 3.24. The summed E-state index contributed by atoms with van der Waals surface area (Å²) in [4.78, 5) is 9.96. The molecule has 0 unspecified atom stereocenters. The summed E-state index contributed by atoms with van der Waals surface area (Å²) in [6, 6.07) is 3.97. The Kier molecular flexibility index (Phi) is 5.46. The van der Waals surface area contributed by atoms with Crippen LogP contribution in [0, 0.1) is 16.0 Å². The molecule has 112 valence electrons. The lowest BCUT2D eigenvalue weighted by atomic mass is 10.2. The number of nitro benzene ring substituents is 1. The van der Waals surface area contributed by atoms with Crippen LogP contribution in [0.3, 0.4) is 0 Å². The van der Waals surface area contributed by atoms with Gasteiger partial charge in [-0.15, -0.1) is 0 Å². The summed E-state index contributed by atoms with van der Waals surface area (Å²) in [5.74, 6) is 0.112. The smallest absolute Gasteiger partial charge is 0.289 e. The van der Waals surface area contributed by atoms with Crippen LogP contribution in [-0.2, 0) is 10.0 Å². The predicted molar refractivity (Wildman–Crippen MR) is 77.3 cm³/mol. The van der Waals surface area contributed by atoms with Crippen molar-refractivity contribution in [1.29, 1.82) is 0 Å². The van der Waals surface area contributed by atoms with Gasteiger partial charge in [0, 0.05) is 24.8 Å². The van der Waals surface area contributed by atoms with Crippen molar-refractivity contribution in [1.82, 2.24) is 4.72 Å². The van der Waals surface area contributed by atoms with E-state index in [1.54, 1.807) is 0 Å². The average Bonchev–Trinajstić information content (AvgIpc) is 2.36. The molecule has 0 bridgehead atoms. The molecule has 7 nitrogen and oxygen atoms in total. The molecule has 0 heterocycles. The second-order valence-electron chi connectivity index (χ2n) is 4.72. The molecular weight excluding hydrogens is 282 g/mol. The third-order valence-electron chi connectivity index (χ3n) is 2.51. The van der Waals surface area contributed by atoms with Crippen molar-refractivity contribution in [2.45, 2.75) is 25.7 Å². The first-order chi connectivity index (χ1) is 9.27. The average molecular weight is 301 g/mol. The van der Waals surface area contributed by atoms with E-state index in [0.717, 1.165) is 0 Å². The van der Waals surface area contributed by atoms with Gasteiger partial charge < -0.3 is 5.32 Å². The number of anilines is 1. The quantitative estimate of drug-likeness (QED) is 0.592. The van der Waals surface area contributed by atoms with Crippen molar-refractivity contribution in [2.24, 2.45) is 5.92 Å². The SMILES string of the molecule is CCNc1ccc([N+](=O)[O-])c(S(=O)(=O)NCC(C)C)c1. The fourth-order valence-electron chi connectivity index (χ4n) is 1.55. The fourth-order valence-corrected chi connectivity index (χ4v) is 2.96. The van der Waals surface area contributed by atoms with E-state index in [2.05, 4.69) is 10.0 Å². The lowest BCUT2D eigenvalue weighted by Crippen LogP contribution is -2.28.